The van der Waals surface area contributed by atoms with Crippen molar-refractivity contribution in [2.24, 2.45) is 0 Å². The molecule has 0 saturated heterocycles. The summed E-state index contributed by atoms with van der Waals surface area (Å²) in [5.41, 5.74) is 1.54. The van der Waals surface area contributed by atoms with E-state index in [1.165, 1.54) is 24.3 Å². The van der Waals surface area contributed by atoms with Crippen LogP contribution in [0.25, 0.3) is 0 Å². The normalized spacial score (nSPS) is 9.85. The van der Waals surface area contributed by atoms with E-state index in [0.717, 1.165) is 0 Å². The van der Waals surface area contributed by atoms with E-state index >= 15 is 0 Å². The van der Waals surface area contributed by atoms with Crippen LogP contribution in [0.1, 0.15) is 24.2 Å². The monoisotopic (exact) mass is 365 g/mol. The molecule has 6 nitrogen and oxygen atoms in total. The first-order chi connectivity index (χ1) is 12.8. The highest BCUT2D eigenvalue weighted by Gasteiger charge is 2.11. The number of benzene rings is 2. The third-order valence-corrected chi connectivity index (χ3v) is 3.36. The third-order valence-electron chi connectivity index (χ3n) is 3.36. The molecular weight excluding hydrogens is 346 g/mol. The molecule has 0 aromatic heterocycles. The van der Waals surface area contributed by atoms with Gasteiger partial charge in [-0.05, 0) is 62.4 Å². The lowest BCUT2D eigenvalue weighted by Gasteiger charge is -2.08. The fourth-order valence-corrected chi connectivity index (χ4v) is 1.86. The summed E-state index contributed by atoms with van der Waals surface area (Å²) in [4.78, 5) is 35.2. The summed E-state index contributed by atoms with van der Waals surface area (Å²) >= 11 is 0. The van der Waals surface area contributed by atoms with Crippen LogP contribution in [0, 0.1) is 0 Å². The smallest absolute Gasteiger partial charge is 0.343 e. The SMILES string of the molecule is C=C(C)C(=O)Nc1ccc(C(=O)Oc2ccc(OC(=O)C(=C)C)cc2)cc1. The molecular formula is C21H19NO5. The Kier molecular flexibility index (Phi) is 6.27. The van der Waals surface area contributed by atoms with Gasteiger partial charge in [0.05, 0.1) is 5.56 Å². The van der Waals surface area contributed by atoms with Crippen LogP contribution in [0.4, 0.5) is 5.69 Å². The van der Waals surface area contributed by atoms with Gasteiger partial charge in [0.1, 0.15) is 11.5 Å². The largest absolute Gasteiger partial charge is 0.423 e. The van der Waals surface area contributed by atoms with Gasteiger partial charge in [0, 0.05) is 16.8 Å². The van der Waals surface area contributed by atoms with Gasteiger partial charge < -0.3 is 14.8 Å². The molecule has 0 aliphatic carbocycles. The quantitative estimate of drug-likeness (QED) is 0.477. The second-order valence-corrected chi connectivity index (χ2v) is 5.84. The highest BCUT2D eigenvalue weighted by atomic mass is 16.5. The molecule has 0 atom stereocenters. The number of rotatable bonds is 6. The fraction of sp³-hybridized carbons (Fsp3) is 0.0952. The first-order valence-corrected chi connectivity index (χ1v) is 8.03. The predicted octanol–water partition coefficient (Wildman–Crippen LogP) is 3.90. The van der Waals surface area contributed by atoms with Gasteiger partial charge in [0.15, 0.2) is 0 Å². The minimum atomic E-state index is -0.556. The Balaban J connectivity index is 1.98. The number of carbonyl (C=O) groups is 3. The number of carbonyl (C=O) groups excluding carboxylic acids is 3. The van der Waals surface area contributed by atoms with Gasteiger partial charge in [-0.3, -0.25) is 4.79 Å². The lowest BCUT2D eigenvalue weighted by molar-refractivity contribution is -0.130. The lowest BCUT2D eigenvalue weighted by atomic mass is 10.2. The second-order valence-electron chi connectivity index (χ2n) is 5.84. The molecule has 138 valence electrons. The molecule has 2 aromatic rings. The van der Waals surface area contributed by atoms with Gasteiger partial charge in [-0.15, -0.1) is 0 Å². The first kappa shape index (κ1) is 19.7. The van der Waals surface area contributed by atoms with Crippen molar-refractivity contribution in [3.05, 3.63) is 78.4 Å². The Morgan fingerprint density at radius 1 is 0.778 bits per heavy atom. The van der Waals surface area contributed by atoms with Crippen molar-refractivity contribution in [2.75, 3.05) is 5.32 Å². The van der Waals surface area contributed by atoms with E-state index in [1.54, 1.807) is 38.1 Å². The number of esters is 2. The number of hydrogen-bond donors (Lipinski definition) is 1. The summed E-state index contributed by atoms with van der Waals surface area (Å²) in [6.45, 7) is 10.2. The Morgan fingerprint density at radius 3 is 1.78 bits per heavy atom. The molecule has 0 spiro atoms. The molecule has 6 heteroatoms. The number of nitrogens with one attached hydrogen (secondary N) is 1. The molecule has 0 saturated carbocycles. The molecule has 27 heavy (non-hydrogen) atoms. The first-order valence-electron chi connectivity index (χ1n) is 8.03. The van der Waals surface area contributed by atoms with Gasteiger partial charge in [0.2, 0.25) is 0 Å². The Hall–Kier alpha value is -3.67. The van der Waals surface area contributed by atoms with Crippen LogP contribution in [0.2, 0.25) is 0 Å². The molecule has 0 radical (unpaired) electrons. The van der Waals surface area contributed by atoms with Crippen molar-refractivity contribution in [3.63, 3.8) is 0 Å². The molecule has 0 heterocycles. The zero-order valence-corrected chi connectivity index (χ0v) is 15.1. The van der Waals surface area contributed by atoms with Crippen LogP contribution in [0.3, 0.4) is 0 Å². The zero-order valence-electron chi connectivity index (χ0n) is 15.1. The van der Waals surface area contributed by atoms with Gasteiger partial charge in [-0.25, -0.2) is 9.59 Å². The molecule has 2 rings (SSSR count). The average Bonchev–Trinajstić information content (AvgIpc) is 2.63. The maximum Gasteiger partial charge on any atom is 0.343 e. The predicted molar refractivity (Wildman–Crippen MR) is 102 cm³/mol. The fourth-order valence-electron chi connectivity index (χ4n) is 1.86. The molecule has 1 amide bonds. The third kappa shape index (κ3) is 5.67. The average molecular weight is 365 g/mol. The maximum atomic E-state index is 12.2. The minimum Gasteiger partial charge on any atom is -0.423 e. The van der Waals surface area contributed by atoms with Gasteiger partial charge in [-0.2, -0.15) is 0 Å². The number of hydrogen-bond acceptors (Lipinski definition) is 5. The van der Waals surface area contributed by atoms with E-state index in [2.05, 4.69) is 18.5 Å². The van der Waals surface area contributed by atoms with Crippen LogP contribution in [-0.4, -0.2) is 17.8 Å². The summed E-state index contributed by atoms with van der Waals surface area (Å²) in [5, 5.41) is 2.65. The summed E-state index contributed by atoms with van der Waals surface area (Å²) in [6.07, 6.45) is 0. The van der Waals surface area contributed by atoms with Crippen LogP contribution in [0.5, 0.6) is 11.5 Å². The standard InChI is InChI=1S/C21H19NO5/c1-13(2)19(23)22-16-7-5-15(6-8-16)21(25)27-18-11-9-17(10-12-18)26-20(24)14(3)4/h5-12H,1,3H2,2,4H3,(H,22,23). The van der Waals surface area contributed by atoms with Crippen molar-refractivity contribution in [1.29, 1.82) is 0 Å². The molecule has 0 aliphatic rings. The number of anilines is 1. The Bertz CT molecular complexity index is 895. The number of ether oxygens (including phenoxy) is 2. The van der Waals surface area contributed by atoms with Gasteiger partial charge in [0.25, 0.3) is 5.91 Å². The lowest BCUT2D eigenvalue weighted by Crippen LogP contribution is -2.12. The van der Waals surface area contributed by atoms with Crippen molar-refractivity contribution >= 4 is 23.5 Å². The van der Waals surface area contributed by atoms with Gasteiger partial charge >= 0.3 is 11.9 Å². The second kappa shape index (κ2) is 8.62. The van der Waals surface area contributed by atoms with E-state index in [0.29, 0.717) is 28.3 Å². The summed E-state index contributed by atoms with van der Waals surface area (Å²) < 4.78 is 10.3. The zero-order chi connectivity index (χ0) is 20.0. The van der Waals surface area contributed by atoms with Crippen LogP contribution in [0.15, 0.2) is 72.8 Å². The van der Waals surface area contributed by atoms with Crippen LogP contribution >= 0.6 is 0 Å². The molecule has 0 bridgehead atoms. The summed E-state index contributed by atoms with van der Waals surface area (Å²) in [7, 11) is 0. The van der Waals surface area contributed by atoms with E-state index in [4.69, 9.17) is 9.47 Å². The van der Waals surface area contributed by atoms with E-state index in [1.807, 2.05) is 0 Å². The van der Waals surface area contributed by atoms with Crippen LogP contribution in [-0.2, 0) is 9.59 Å². The van der Waals surface area contributed by atoms with Crippen molar-refractivity contribution in [3.8, 4) is 11.5 Å². The minimum absolute atomic E-state index is 0.286. The molecule has 0 aliphatic heterocycles. The molecule has 0 unspecified atom stereocenters. The van der Waals surface area contributed by atoms with Crippen molar-refractivity contribution in [2.45, 2.75) is 13.8 Å². The Morgan fingerprint density at radius 2 is 1.30 bits per heavy atom. The van der Waals surface area contributed by atoms with Gasteiger partial charge in [-0.1, -0.05) is 13.2 Å². The molecule has 2 aromatic carbocycles. The molecule has 1 N–H and O–H groups in total. The van der Waals surface area contributed by atoms with E-state index < -0.39 is 11.9 Å². The van der Waals surface area contributed by atoms with Crippen LogP contribution < -0.4 is 14.8 Å². The van der Waals surface area contributed by atoms with E-state index in [9.17, 15) is 14.4 Å². The maximum absolute atomic E-state index is 12.2. The Labute approximate surface area is 157 Å². The highest BCUT2D eigenvalue weighted by molar-refractivity contribution is 6.03. The summed E-state index contributed by atoms with van der Waals surface area (Å²) in [6, 6.07) is 12.3. The highest BCUT2D eigenvalue weighted by Crippen LogP contribution is 2.20. The topological polar surface area (TPSA) is 81.7 Å². The summed E-state index contributed by atoms with van der Waals surface area (Å²) in [5.74, 6) is -0.758. The van der Waals surface area contributed by atoms with Crippen molar-refractivity contribution < 1.29 is 23.9 Å². The number of amides is 1. The van der Waals surface area contributed by atoms with E-state index in [-0.39, 0.29) is 11.5 Å². The van der Waals surface area contributed by atoms with Crippen molar-refractivity contribution in [1.82, 2.24) is 0 Å². The molecule has 0 fully saturated rings.